The third-order valence-electron chi connectivity index (χ3n) is 4.46. The average Bonchev–Trinajstić information content (AvgIpc) is 2.72. The Bertz CT molecular complexity index is 597. The lowest BCUT2D eigenvalue weighted by molar-refractivity contribution is -0.126. The number of amides is 2. The summed E-state index contributed by atoms with van der Waals surface area (Å²) in [7, 11) is 0. The Labute approximate surface area is 128 Å². The summed E-state index contributed by atoms with van der Waals surface area (Å²) < 4.78 is 29.3. The highest BCUT2D eigenvalue weighted by molar-refractivity contribution is 6.23. The molecule has 2 rings (SSSR count). The Balaban J connectivity index is 2.44. The van der Waals surface area contributed by atoms with Gasteiger partial charge in [-0.25, -0.2) is 4.90 Å². The molecule has 1 aliphatic rings. The van der Waals surface area contributed by atoms with Crippen LogP contribution >= 0.6 is 0 Å². The maximum absolute atomic E-state index is 12.7. The molecule has 1 fully saturated rings. The largest absolute Gasteiger partial charge is 0.434 e. The second kappa shape index (κ2) is 6.02. The summed E-state index contributed by atoms with van der Waals surface area (Å²) in [4.78, 5) is 26.1. The molecule has 6 heteroatoms. The number of carbonyl (C=O) groups is 2. The Hall–Kier alpha value is -1.98. The number of hydrogen-bond acceptors (Lipinski definition) is 3. The minimum atomic E-state index is -2.95. The standard InChI is InChI=1S/C16H19F2NO3/c1-4-16(5-2)9-13(20)19(14(16)21)11-7-6-8-12(10(11)3)22-15(17)18/h6-8,15H,4-5,9H2,1-3H3. The lowest BCUT2D eigenvalue weighted by Gasteiger charge is -2.24. The van der Waals surface area contributed by atoms with Crippen LogP contribution in [-0.4, -0.2) is 18.4 Å². The molecule has 0 N–H and O–H groups in total. The van der Waals surface area contributed by atoms with Gasteiger partial charge in [0.05, 0.1) is 11.1 Å². The molecule has 1 saturated heterocycles. The van der Waals surface area contributed by atoms with Gasteiger partial charge < -0.3 is 4.74 Å². The van der Waals surface area contributed by atoms with Crippen LogP contribution in [-0.2, 0) is 9.59 Å². The van der Waals surface area contributed by atoms with E-state index < -0.39 is 12.0 Å². The number of benzene rings is 1. The molecule has 0 saturated carbocycles. The Morgan fingerprint density at radius 3 is 2.41 bits per heavy atom. The first kappa shape index (κ1) is 16.4. The molecule has 120 valence electrons. The predicted octanol–water partition coefficient (Wildman–Crippen LogP) is 3.67. The van der Waals surface area contributed by atoms with E-state index >= 15 is 0 Å². The fourth-order valence-electron chi connectivity index (χ4n) is 2.91. The van der Waals surface area contributed by atoms with Crippen molar-refractivity contribution in [2.75, 3.05) is 4.90 Å². The van der Waals surface area contributed by atoms with E-state index in [4.69, 9.17) is 0 Å². The van der Waals surface area contributed by atoms with Crippen molar-refractivity contribution in [3.05, 3.63) is 23.8 Å². The van der Waals surface area contributed by atoms with Gasteiger partial charge in [-0.3, -0.25) is 9.59 Å². The molecule has 1 heterocycles. The molecule has 0 spiro atoms. The van der Waals surface area contributed by atoms with E-state index in [1.807, 2.05) is 13.8 Å². The van der Waals surface area contributed by atoms with Crippen molar-refractivity contribution in [3.8, 4) is 5.75 Å². The molecular weight excluding hydrogens is 292 g/mol. The molecule has 0 aliphatic carbocycles. The molecule has 4 nitrogen and oxygen atoms in total. The van der Waals surface area contributed by atoms with Gasteiger partial charge in [-0.15, -0.1) is 0 Å². The van der Waals surface area contributed by atoms with E-state index in [-0.39, 0.29) is 24.0 Å². The van der Waals surface area contributed by atoms with Gasteiger partial charge in [0, 0.05) is 12.0 Å². The van der Waals surface area contributed by atoms with Crippen LogP contribution in [0.5, 0.6) is 5.75 Å². The van der Waals surface area contributed by atoms with Crippen LogP contribution in [0.15, 0.2) is 18.2 Å². The van der Waals surface area contributed by atoms with E-state index in [1.54, 1.807) is 13.0 Å². The topological polar surface area (TPSA) is 46.6 Å². The van der Waals surface area contributed by atoms with Crippen molar-refractivity contribution < 1.29 is 23.1 Å². The molecule has 1 aromatic rings. The molecule has 1 aromatic carbocycles. The number of anilines is 1. The maximum atomic E-state index is 12.7. The second-order valence-electron chi connectivity index (χ2n) is 5.48. The van der Waals surface area contributed by atoms with Crippen molar-refractivity contribution in [1.29, 1.82) is 0 Å². The molecular formula is C16H19F2NO3. The molecule has 0 bridgehead atoms. The number of carbonyl (C=O) groups excluding carboxylic acids is 2. The molecule has 2 amide bonds. The van der Waals surface area contributed by atoms with E-state index in [9.17, 15) is 18.4 Å². The van der Waals surface area contributed by atoms with Gasteiger partial charge in [0.2, 0.25) is 11.8 Å². The minimum Gasteiger partial charge on any atom is -0.434 e. The fourth-order valence-corrected chi connectivity index (χ4v) is 2.91. The third kappa shape index (κ3) is 2.58. The molecule has 0 radical (unpaired) electrons. The molecule has 0 aromatic heterocycles. The van der Waals surface area contributed by atoms with Gasteiger partial charge in [0.15, 0.2) is 0 Å². The number of halogens is 2. The smallest absolute Gasteiger partial charge is 0.387 e. The number of rotatable bonds is 5. The van der Waals surface area contributed by atoms with Crippen molar-refractivity contribution in [3.63, 3.8) is 0 Å². The maximum Gasteiger partial charge on any atom is 0.387 e. The quantitative estimate of drug-likeness (QED) is 0.780. The van der Waals surface area contributed by atoms with E-state index in [2.05, 4.69) is 4.74 Å². The number of alkyl halides is 2. The first-order chi connectivity index (χ1) is 10.4. The monoisotopic (exact) mass is 311 g/mol. The van der Waals surface area contributed by atoms with Gasteiger partial charge in [-0.05, 0) is 31.9 Å². The second-order valence-corrected chi connectivity index (χ2v) is 5.48. The van der Waals surface area contributed by atoms with Gasteiger partial charge >= 0.3 is 6.61 Å². The zero-order chi connectivity index (χ0) is 16.5. The molecule has 22 heavy (non-hydrogen) atoms. The Morgan fingerprint density at radius 1 is 1.27 bits per heavy atom. The van der Waals surface area contributed by atoms with Crippen LogP contribution in [0.4, 0.5) is 14.5 Å². The van der Waals surface area contributed by atoms with Crippen molar-refractivity contribution in [2.24, 2.45) is 5.41 Å². The van der Waals surface area contributed by atoms with Crippen molar-refractivity contribution >= 4 is 17.5 Å². The first-order valence-electron chi connectivity index (χ1n) is 7.28. The lowest BCUT2D eigenvalue weighted by atomic mass is 9.81. The number of nitrogens with zero attached hydrogens (tertiary/aromatic N) is 1. The predicted molar refractivity (Wildman–Crippen MR) is 77.9 cm³/mol. The van der Waals surface area contributed by atoms with Crippen LogP contribution in [0.3, 0.4) is 0 Å². The SMILES string of the molecule is CCC1(CC)CC(=O)N(c2cccc(OC(F)F)c2C)C1=O. The minimum absolute atomic E-state index is 0.0291. The van der Waals surface area contributed by atoms with Gasteiger partial charge in [-0.2, -0.15) is 8.78 Å². The Kier molecular flexibility index (Phi) is 4.49. The highest BCUT2D eigenvalue weighted by atomic mass is 19.3. The van der Waals surface area contributed by atoms with Crippen LogP contribution < -0.4 is 9.64 Å². The number of ether oxygens (including phenoxy) is 1. The molecule has 0 unspecified atom stereocenters. The summed E-state index contributed by atoms with van der Waals surface area (Å²) in [6.07, 6.45) is 1.28. The summed E-state index contributed by atoms with van der Waals surface area (Å²) in [6.45, 7) is 2.36. The molecule has 1 aliphatic heterocycles. The normalized spacial score (nSPS) is 17.5. The van der Waals surface area contributed by atoms with Crippen LogP contribution in [0.25, 0.3) is 0 Å². The summed E-state index contributed by atoms with van der Waals surface area (Å²) >= 11 is 0. The lowest BCUT2D eigenvalue weighted by Crippen LogP contribution is -2.35. The zero-order valence-corrected chi connectivity index (χ0v) is 12.9. The van der Waals surface area contributed by atoms with E-state index in [1.165, 1.54) is 12.1 Å². The molecule has 0 atom stereocenters. The van der Waals surface area contributed by atoms with E-state index in [0.29, 0.717) is 24.1 Å². The van der Waals surface area contributed by atoms with Crippen molar-refractivity contribution in [1.82, 2.24) is 0 Å². The number of imide groups is 1. The summed E-state index contributed by atoms with van der Waals surface area (Å²) in [5, 5.41) is 0. The first-order valence-corrected chi connectivity index (χ1v) is 7.28. The highest BCUT2D eigenvalue weighted by Crippen LogP contribution is 2.43. The van der Waals surface area contributed by atoms with Crippen molar-refractivity contribution in [2.45, 2.75) is 46.6 Å². The Morgan fingerprint density at radius 2 is 1.91 bits per heavy atom. The van der Waals surface area contributed by atoms with Gasteiger partial charge in [-0.1, -0.05) is 19.9 Å². The van der Waals surface area contributed by atoms with E-state index in [0.717, 1.165) is 4.90 Å². The average molecular weight is 311 g/mol. The summed E-state index contributed by atoms with van der Waals surface area (Å²) in [5.41, 5.74) is -0.0206. The fraction of sp³-hybridized carbons (Fsp3) is 0.500. The van der Waals surface area contributed by atoms with Crippen LogP contribution in [0, 0.1) is 12.3 Å². The third-order valence-corrected chi connectivity index (χ3v) is 4.46. The highest BCUT2D eigenvalue weighted by Gasteiger charge is 2.50. The van der Waals surface area contributed by atoms with Crippen LogP contribution in [0.1, 0.15) is 38.7 Å². The number of hydrogen-bond donors (Lipinski definition) is 0. The zero-order valence-electron chi connectivity index (χ0n) is 12.9. The van der Waals surface area contributed by atoms with Gasteiger partial charge in [0.1, 0.15) is 5.75 Å². The summed E-state index contributed by atoms with van der Waals surface area (Å²) in [6, 6.07) is 4.46. The van der Waals surface area contributed by atoms with Gasteiger partial charge in [0.25, 0.3) is 0 Å². The summed E-state index contributed by atoms with van der Waals surface area (Å²) in [5.74, 6) is -0.593. The van der Waals surface area contributed by atoms with Crippen LogP contribution in [0.2, 0.25) is 0 Å².